The molecule has 1 rings (SSSR count). The molecule has 1 fully saturated rings. The molecule has 4 nitrogen and oxygen atoms in total. The van der Waals surface area contributed by atoms with Gasteiger partial charge in [0.2, 0.25) is 0 Å². The minimum absolute atomic E-state index is 0.365. The van der Waals surface area contributed by atoms with Gasteiger partial charge in [0.1, 0.15) is 0 Å². The van der Waals surface area contributed by atoms with Gasteiger partial charge in [0, 0.05) is 19.1 Å². The van der Waals surface area contributed by atoms with Crippen molar-refractivity contribution in [1.82, 2.24) is 4.90 Å². The van der Waals surface area contributed by atoms with Gasteiger partial charge in [0.15, 0.2) is 0 Å². The van der Waals surface area contributed by atoms with Crippen molar-refractivity contribution < 1.29 is 9.84 Å². The predicted molar refractivity (Wildman–Crippen MR) is 70.0 cm³/mol. The summed E-state index contributed by atoms with van der Waals surface area (Å²) >= 11 is 0. The number of hydrogen-bond acceptors (Lipinski definition) is 4. The molecule has 0 aromatic heterocycles. The molecule has 3 N–H and O–H groups in total. The second-order valence-electron chi connectivity index (χ2n) is 5.06. The molecular weight excluding hydrogens is 216 g/mol. The Morgan fingerprint density at radius 1 is 1.47 bits per heavy atom. The van der Waals surface area contributed by atoms with Crippen LogP contribution in [0.4, 0.5) is 0 Å². The minimum Gasteiger partial charge on any atom is -0.389 e. The van der Waals surface area contributed by atoms with E-state index in [1.807, 2.05) is 6.92 Å². The average Bonchev–Trinajstić information content (AvgIpc) is 2.39. The zero-order chi connectivity index (χ0) is 12.7. The number of aliphatic hydroxyl groups is 1. The lowest BCUT2D eigenvalue weighted by Crippen LogP contribution is -2.46. The summed E-state index contributed by atoms with van der Waals surface area (Å²) in [5.41, 5.74) is 4.95. The van der Waals surface area contributed by atoms with Crippen molar-refractivity contribution in [3.8, 4) is 0 Å². The fourth-order valence-corrected chi connectivity index (χ4v) is 2.39. The van der Waals surface area contributed by atoms with Crippen LogP contribution in [-0.4, -0.2) is 54.5 Å². The topological polar surface area (TPSA) is 58.7 Å². The highest BCUT2D eigenvalue weighted by Gasteiger charge is 2.24. The van der Waals surface area contributed by atoms with Gasteiger partial charge in [-0.2, -0.15) is 0 Å². The number of hydrogen-bond donors (Lipinski definition) is 2. The van der Waals surface area contributed by atoms with E-state index in [-0.39, 0.29) is 0 Å². The van der Waals surface area contributed by atoms with E-state index in [0.29, 0.717) is 12.6 Å². The molecule has 1 aliphatic rings. The monoisotopic (exact) mass is 244 g/mol. The Morgan fingerprint density at radius 2 is 2.24 bits per heavy atom. The Morgan fingerprint density at radius 3 is 2.82 bits per heavy atom. The molecule has 1 aliphatic heterocycles. The summed E-state index contributed by atoms with van der Waals surface area (Å²) < 4.78 is 5.48. The zero-order valence-electron chi connectivity index (χ0n) is 11.3. The summed E-state index contributed by atoms with van der Waals surface area (Å²) in [4.78, 5) is 2.48. The van der Waals surface area contributed by atoms with E-state index in [1.54, 1.807) is 0 Å². The molecule has 0 saturated carbocycles. The SMILES string of the molecule is CCC1COCCN1CCCC(O)(CC)CN. The lowest BCUT2D eigenvalue weighted by Gasteiger charge is -2.35. The first-order chi connectivity index (χ1) is 8.15. The van der Waals surface area contributed by atoms with Crippen LogP contribution in [0.1, 0.15) is 39.5 Å². The Hall–Kier alpha value is -0.160. The summed E-state index contributed by atoms with van der Waals surface area (Å²) in [6.45, 7) is 8.32. The molecule has 0 radical (unpaired) electrons. The molecule has 1 heterocycles. The van der Waals surface area contributed by atoms with Gasteiger partial charge in [-0.05, 0) is 32.2 Å². The third kappa shape index (κ3) is 4.54. The van der Waals surface area contributed by atoms with Crippen LogP contribution >= 0.6 is 0 Å². The molecule has 4 heteroatoms. The molecule has 0 aliphatic carbocycles. The van der Waals surface area contributed by atoms with Crippen molar-refractivity contribution in [1.29, 1.82) is 0 Å². The van der Waals surface area contributed by atoms with Gasteiger partial charge >= 0.3 is 0 Å². The first-order valence-corrected chi connectivity index (χ1v) is 6.89. The number of morpholine rings is 1. The zero-order valence-corrected chi connectivity index (χ0v) is 11.3. The second kappa shape index (κ2) is 7.31. The Kier molecular flexibility index (Phi) is 6.41. The third-order valence-corrected chi connectivity index (χ3v) is 3.95. The van der Waals surface area contributed by atoms with Crippen LogP contribution in [-0.2, 0) is 4.74 Å². The van der Waals surface area contributed by atoms with Gasteiger partial charge in [-0.15, -0.1) is 0 Å². The standard InChI is InChI=1S/C13H28N2O2/c1-3-12-10-17-9-8-15(12)7-5-6-13(16,4-2)11-14/h12,16H,3-11,14H2,1-2H3. The van der Waals surface area contributed by atoms with Crippen LogP contribution in [0.5, 0.6) is 0 Å². The molecule has 0 aromatic carbocycles. The largest absolute Gasteiger partial charge is 0.389 e. The van der Waals surface area contributed by atoms with Crippen LogP contribution < -0.4 is 5.73 Å². The highest BCUT2D eigenvalue weighted by molar-refractivity contribution is 4.80. The first kappa shape index (κ1) is 14.9. The molecule has 0 aromatic rings. The number of ether oxygens (including phenoxy) is 1. The predicted octanol–water partition coefficient (Wildman–Crippen LogP) is 0.977. The maximum atomic E-state index is 10.1. The second-order valence-corrected chi connectivity index (χ2v) is 5.06. The van der Waals surface area contributed by atoms with Crippen LogP contribution in [0, 0.1) is 0 Å². The summed E-state index contributed by atoms with van der Waals surface area (Å²) in [5, 5.41) is 10.1. The highest BCUT2D eigenvalue weighted by Crippen LogP contribution is 2.17. The van der Waals surface area contributed by atoms with Crippen LogP contribution in [0.2, 0.25) is 0 Å². The van der Waals surface area contributed by atoms with Crippen molar-refractivity contribution in [3.63, 3.8) is 0 Å². The fourth-order valence-electron chi connectivity index (χ4n) is 2.39. The van der Waals surface area contributed by atoms with E-state index in [0.717, 1.165) is 52.0 Å². The third-order valence-electron chi connectivity index (χ3n) is 3.95. The summed E-state index contributed by atoms with van der Waals surface area (Å²) in [6, 6.07) is 0.552. The van der Waals surface area contributed by atoms with E-state index < -0.39 is 5.60 Å². The maximum Gasteiger partial charge on any atom is 0.0767 e. The summed E-state index contributed by atoms with van der Waals surface area (Å²) in [5.74, 6) is 0. The van der Waals surface area contributed by atoms with Gasteiger partial charge in [0.05, 0.1) is 18.8 Å². The van der Waals surface area contributed by atoms with E-state index in [9.17, 15) is 5.11 Å². The molecule has 17 heavy (non-hydrogen) atoms. The van der Waals surface area contributed by atoms with Crippen LogP contribution in [0.25, 0.3) is 0 Å². The summed E-state index contributed by atoms with van der Waals surface area (Å²) in [6.07, 6.45) is 3.69. The Labute approximate surface area is 105 Å². The number of rotatable bonds is 7. The van der Waals surface area contributed by atoms with Gasteiger partial charge in [0.25, 0.3) is 0 Å². The van der Waals surface area contributed by atoms with Crippen LogP contribution in [0.15, 0.2) is 0 Å². The lowest BCUT2D eigenvalue weighted by atomic mass is 9.94. The van der Waals surface area contributed by atoms with Gasteiger partial charge in [-0.3, -0.25) is 4.90 Å². The number of nitrogens with two attached hydrogens (primary N) is 1. The molecule has 102 valence electrons. The quantitative estimate of drug-likeness (QED) is 0.701. The van der Waals surface area contributed by atoms with E-state index in [2.05, 4.69) is 11.8 Å². The molecule has 0 amide bonds. The maximum absolute atomic E-state index is 10.1. The first-order valence-electron chi connectivity index (χ1n) is 6.89. The molecule has 1 saturated heterocycles. The van der Waals surface area contributed by atoms with E-state index >= 15 is 0 Å². The molecule has 2 unspecified atom stereocenters. The summed E-state index contributed by atoms with van der Waals surface area (Å²) in [7, 11) is 0. The van der Waals surface area contributed by atoms with Crippen molar-refractivity contribution in [2.24, 2.45) is 5.73 Å². The van der Waals surface area contributed by atoms with Gasteiger partial charge in [-0.25, -0.2) is 0 Å². The minimum atomic E-state index is -0.659. The molecular formula is C13H28N2O2. The number of nitrogens with zero attached hydrogens (tertiary/aromatic N) is 1. The molecule has 0 bridgehead atoms. The smallest absolute Gasteiger partial charge is 0.0767 e. The molecule has 0 spiro atoms. The fraction of sp³-hybridized carbons (Fsp3) is 1.00. The Balaban J connectivity index is 2.29. The normalized spacial score (nSPS) is 25.8. The Bertz CT molecular complexity index is 208. The van der Waals surface area contributed by atoms with Gasteiger partial charge < -0.3 is 15.6 Å². The van der Waals surface area contributed by atoms with Crippen molar-refractivity contribution in [3.05, 3.63) is 0 Å². The van der Waals surface area contributed by atoms with Crippen LogP contribution in [0.3, 0.4) is 0 Å². The van der Waals surface area contributed by atoms with Gasteiger partial charge in [-0.1, -0.05) is 13.8 Å². The van der Waals surface area contributed by atoms with Crippen molar-refractivity contribution >= 4 is 0 Å². The molecule has 2 atom stereocenters. The highest BCUT2D eigenvalue weighted by atomic mass is 16.5. The van der Waals surface area contributed by atoms with Crippen molar-refractivity contribution in [2.45, 2.75) is 51.2 Å². The van der Waals surface area contributed by atoms with E-state index in [4.69, 9.17) is 10.5 Å². The van der Waals surface area contributed by atoms with E-state index in [1.165, 1.54) is 0 Å². The van der Waals surface area contributed by atoms with Crippen molar-refractivity contribution in [2.75, 3.05) is 32.8 Å². The average molecular weight is 244 g/mol. The lowest BCUT2D eigenvalue weighted by molar-refractivity contribution is -0.0156.